The number of benzene rings is 3. The van der Waals surface area contributed by atoms with Crippen molar-refractivity contribution in [3.8, 4) is 11.5 Å². The summed E-state index contributed by atoms with van der Waals surface area (Å²) in [4.78, 5) is 11.0. The van der Waals surface area contributed by atoms with Crippen molar-refractivity contribution in [1.29, 1.82) is 0 Å². The minimum Gasteiger partial charge on any atom is -0.493 e. The van der Waals surface area contributed by atoms with Gasteiger partial charge >= 0.3 is 7.37 Å². The van der Waals surface area contributed by atoms with E-state index in [1.54, 1.807) is 42.5 Å². The van der Waals surface area contributed by atoms with Gasteiger partial charge in [0.05, 0.1) is 17.7 Å². The fourth-order valence-electron chi connectivity index (χ4n) is 2.47. The molecule has 0 aromatic heterocycles. The molecule has 5 heteroatoms. The zero-order valence-corrected chi connectivity index (χ0v) is 14.6. The second-order valence-electron chi connectivity index (χ2n) is 5.34. The van der Waals surface area contributed by atoms with Gasteiger partial charge < -0.3 is 9.26 Å². The van der Waals surface area contributed by atoms with Gasteiger partial charge in [0.2, 0.25) is 0 Å². The summed E-state index contributed by atoms with van der Waals surface area (Å²) in [6.45, 7) is 0. The Kier molecular flexibility index (Phi) is 5.01. The van der Waals surface area contributed by atoms with Gasteiger partial charge in [-0.15, -0.1) is 0 Å². The highest BCUT2D eigenvalue weighted by Gasteiger charge is 2.31. The zero-order chi connectivity index (χ0) is 17.7. The zero-order valence-electron chi connectivity index (χ0n) is 13.7. The largest absolute Gasteiger partial charge is 0.493 e. The molecule has 4 nitrogen and oxygen atoms in total. The van der Waals surface area contributed by atoms with Crippen molar-refractivity contribution in [1.82, 2.24) is 0 Å². The summed E-state index contributed by atoms with van der Waals surface area (Å²) in [7, 11) is -1.90. The molecule has 0 N–H and O–H groups in total. The second kappa shape index (κ2) is 7.37. The molecular weight excluding hydrogens is 335 g/mol. The number of hydrogen-bond donors (Lipinski definition) is 0. The lowest BCUT2D eigenvalue weighted by Crippen LogP contribution is -2.20. The quantitative estimate of drug-likeness (QED) is 0.500. The Morgan fingerprint density at radius 2 is 1.36 bits per heavy atom. The molecule has 0 heterocycles. The Bertz CT molecular complexity index is 864. The molecule has 3 aromatic carbocycles. The maximum Gasteiger partial charge on any atom is 0.306 e. The van der Waals surface area contributed by atoms with Gasteiger partial charge in [-0.25, -0.2) is 0 Å². The summed E-state index contributed by atoms with van der Waals surface area (Å²) >= 11 is 0. The summed E-state index contributed by atoms with van der Waals surface area (Å²) in [5.41, 5.74) is 0.457. The molecule has 0 bridgehead atoms. The van der Waals surface area contributed by atoms with Crippen LogP contribution in [0.1, 0.15) is 10.4 Å². The minimum absolute atomic E-state index is 0.323. The first-order valence-corrected chi connectivity index (χ1v) is 9.34. The van der Waals surface area contributed by atoms with Crippen LogP contribution in [-0.4, -0.2) is 13.4 Å². The van der Waals surface area contributed by atoms with Crippen LogP contribution in [0.2, 0.25) is 0 Å². The van der Waals surface area contributed by atoms with Crippen molar-refractivity contribution >= 4 is 24.3 Å². The van der Waals surface area contributed by atoms with Gasteiger partial charge in [0.15, 0.2) is 11.5 Å². The van der Waals surface area contributed by atoms with Gasteiger partial charge in [0.25, 0.3) is 0 Å². The van der Waals surface area contributed by atoms with Crippen molar-refractivity contribution in [3.05, 3.63) is 84.4 Å². The summed E-state index contributed by atoms with van der Waals surface area (Å²) in [6, 6.07) is 22.9. The Morgan fingerprint density at radius 3 is 1.84 bits per heavy atom. The SMILES string of the molecule is COc1cc(C=O)ccc1OP(=O)(c1ccccc1)c1ccccc1. The molecular formula is C20H17O4P. The van der Waals surface area contributed by atoms with Crippen molar-refractivity contribution in [2.45, 2.75) is 0 Å². The lowest BCUT2D eigenvalue weighted by atomic mass is 10.2. The van der Waals surface area contributed by atoms with Crippen LogP contribution in [0.3, 0.4) is 0 Å². The highest BCUT2D eigenvalue weighted by Crippen LogP contribution is 2.47. The van der Waals surface area contributed by atoms with Gasteiger partial charge in [0.1, 0.15) is 6.29 Å². The van der Waals surface area contributed by atoms with Crippen LogP contribution in [0.4, 0.5) is 0 Å². The van der Waals surface area contributed by atoms with E-state index in [0.717, 1.165) is 6.29 Å². The van der Waals surface area contributed by atoms with Crippen LogP contribution in [-0.2, 0) is 4.57 Å². The molecule has 3 rings (SSSR count). The molecule has 0 aliphatic heterocycles. The molecule has 0 unspecified atom stereocenters. The predicted octanol–water partition coefficient (Wildman–Crippen LogP) is 3.82. The van der Waals surface area contributed by atoms with E-state index in [1.807, 2.05) is 36.4 Å². The van der Waals surface area contributed by atoms with Crippen molar-refractivity contribution in [2.75, 3.05) is 7.11 Å². The second-order valence-corrected chi connectivity index (χ2v) is 7.66. The Morgan fingerprint density at radius 1 is 0.800 bits per heavy atom. The van der Waals surface area contributed by atoms with Crippen LogP contribution < -0.4 is 19.9 Å². The fraction of sp³-hybridized carbons (Fsp3) is 0.0500. The molecule has 3 aromatic rings. The maximum atomic E-state index is 13.9. The number of carbonyl (C=O) groups is 1. The first-order valence-electron chi connectivity index (χ1n) is 7.71. The third-order valence-corrected chi connectivity index (χ3v) is 6.15. The summed E-state index contributed by atoms with van der Waals surface area (Å²) in [5.74, 6) is 0.681. The number of methoxy groups -OCH3 is 1. The molecule has 0 aliphatic rings. The Labute approximate surface area is 146 Å². The predicted molar refractivity (Wildman–Crippen MR) is 98.8 cm³/mol. The van der Waals surface area contributed by atoms with Gasteiger partial charge in [-0.3, -0.25) is 9.36 Å². The van der Waals surface area contributed by atoms with Crippen molar-refractivity contribution < 1.29 is 18.6 Å². The van der Waals surface area contributed by atoms with Crippen LogP contribution >= 0.6 is 7.37 Å². The molecule has 0 saturated heterocycles. The van der Waals surface area contributed by atoms with Crippen LogP contribution in [0.5, 0.6) is 11.5 Å². The van der Waals surface area contributed by atoms with Crippen molar-refractivity contribution in [3.63, 3.8) is 0 Å². The molecule has 0 fully saturated rings. The summed E-state index contributed by atoms with van der Waals surface area (Å²) < 4.78 is 25.2. The van der Waals surface area contributed by atoms with E-state index in [4.69, 9.17) is 9.26 Å². The number of hydrogen-bond acceptors (Lipinski definition) is 4. The third kappa shape index (κ3) is 3.49. The molecule has 0 spiro atoms. The first kappa shape index (κ1) is 17.0. The molecule has 0 aliphatic carbocycles. The Hall–Kier alpha value is -2.84. The number of aldehydes is 1. The average molecular weight is 352 g/mol. The summed E-state index contributed by atoms with van der Waals surface area (Å²) in [6.07, 6.45) is 0.723. The molecule has 126 valence electrons. The maximum absolute atomic E-state index is 13.9. The van der Waals surface area contributed by atoms with E-state index in [0.29, 0.717) is 27.7 Å². The van der Waals surface area contributed by atoms with E-state index in [2.05, 4.69) is 0 Å². The monoisotopic (exact) mass is 352 g/mol. The third-order valence-electron chi connectivity index (χ3n) is 3.74. The first-order chi connectivity index (χ1) is 12.2. The molecule has 25 heavy (non-hydrogen) atoms. The van der Waals surface area contributed by atoms with E-state index < -0.39 is 7.37 Å². The number of rotatable bonds is 6. The minimum atomic E-state index is -3.38. The molecule has 0 saturated carbocycles. The van der Waals surface area contributed by atoms with E-state index in [-0.39, 0.29) is 0 Å². The standard InChI is InChI=1S/C20H17O4P/c1-23-20-14-16(15-21)12-13-19(20)24-25(22,17-8-4-2-5-9-17)18-10-6-3-7-11-18/h2-15H,1H3. The van der Waals surface area contributed by atoms with Crippen molar-refractivity contribution in [2.24, 2.45) is 0 Å². The smallest absolute Gasteiger partial charge is 0.306 e. The fourth-order valence-corrected chi connectivity index (χ4v) is 4.54. The van der Waals surface area contributed by atoms with E-state index in [1.165, 1.54) is 7.11 Å². The number of carbonyl (C=O) groups excluding carboxylic acids is 1. The lowest BCUT2D eigenvalue weighted by Gasteiger charge is -2.21. The normalized spacial score (nSPS) is 10.9. The van der Waals surface area contributed by atoms with Gasteiger partial charge in [-0.1, -0.05) is 36.4 Å². The lowest BCUT2D eigenvalue weighted by molar-refractivity contribution is 0.112. The highest BCUT2D eigenvalue weighted by molar-refractivity contribution is 7.74. The van der Waals surface area contributed by atoms with E-state index >= 15 is 0 Å². The van der Waals surface area contributed by atoms with Crippen LogP contribution in [0.25, 0.3) is 0 Å². The van der Waals surface area contributed by atoms with Gasteiger partial charge in [0, 0.05) is 5.56 Å². The Balaban J connectivity index is 2.12. The topological polar surface area (TPSA) is 52.6 Å². The summed E-state index contributed by atoms with van der Waals surface area (Å²) in [5, 5.41) is 1.17. The molecule has 0 radical (unpaired) electrons. The highest BCUT2D eigenvalue weighted by atomic mass is 31.2. The van der Waals surface area contributed by atoms with Gasteiger partial charge in [-0.05, 0) is 42.5 Å². The van der Waals surface area contributed by atoms with Crippen LogP contribution in [0, 0.1) is 0 Å². The molecule has 0 amide bonds. The molecule has 0 atom stereocenters. The number of ether oxygens (including phenoxy) is 1. The average Bonchev–Trinajstić information content (AvgIpc) is 2.69. The van der Waals surface area contributed by atoms with E-state index in [9.17, 15) is 9.36 Å². The van der Waals surface area contributed by atoms with Gasteiger partial charge in [-0.2, -0.15) is 0 Å². The van der Waals surface area contributed by atoms with Crippen LogP contribution in [0.15, 0.2) is 78.9 Å².